The normalized spacial score (nSPS) is 16.5. The van der Waals surface area contributed by atoms with E-state index >= 15 is 0 Å². The second-order valence-corrected chi connectivity index (χ2v) is 5.29. The zero-order valence-corrected chi connectivity index (χ0v) is 12.3. The van der Waals surface area contributed by atoms with Crippen LogP contribution in [0.3, 0.4) is 0 Å². The van der Waals surface area contributed by atoms with Gasteiger partial charge < -0.3 is 10.2 Å². The molecule has 1 saturated heterocycles. The maximum atomic E-state index is 12.3. The van der Waals surface area contributed by atoms with Crippen LogP contribution in [0.5, 0.6) is 0 Å². The van der Waals surface area contributed by atoms with E-state index in [9.17, 15) is 9.59 Å². The van der Waals surface area contributed by atoms with Gasteiger partial charge in [-0.25, -0.2) is 4.98 Å². The van der Waals surface area contributed by atoms with Crippen LogP contribution in [0.1, 0.15) is 26.2 Å². The van der Waals surface area contributed by atoms with Crippen LogP contribution in [0, 0.1) is 0 Å². The molecule has 19 heavy (non-hydrogen) atoms. The van der Waals surface area contributed by atoms with E-state index in [-0.39, 0.29) is 11.8 Å². The molecule has 1 aliphatic rings. The van der Waals surface area contributed by atoms with E-state index in [1.807, 2.05) is 13.0 Å². The van der Waals surface area contributed by atoms with E-state index in [2.05, 4.69) is 26.2 Å². The highest BCUT2D eigenvalue weighted by Gasteiger charge is 2.31. The number of nitrogens with one attached hydrogen (secondary N) is 1. The van der Waals surface area contributed by atoms with Gasteiger partial charge in [0.15, 0.2) is 0 Å². The molecule has 1 fully saturated rings. The lowest BCUT2D eigenvalue weighted by Crippen LogP contribution is -2.44. The fourth-order valence-electron chi connectivity index (χ4n) is 2.22. The molecule has 0 aliphatic carbocycles. The third kappa shape index (κ3) is 3.12. The summed E-state index contributed by atoms with van der Waals surface area (Å²) in [6, 6.07) is 3.18. The maximum Gasteiger partial charge on any atom is 0.248 e. The highest BCUT2D eigenvalue weighted by Crippen LogP contribution is 2.21. The molecule has 1 N–H and O–H groups in total. The van der Waals surface area contributed by atoms with Gasteiger partial charge in [0.25, 0.3) is 0 Å². The van der Waals surface area contributed by atoms with Crippen molar-refractivity contribution >= 4 is 33.6 Å². The fraction of sp³-hybridized carbons (Fsp3) is 0.462. The molecule has 102 valence electrons. The third-order valence-electron chi connectivity index (χ3n) is 3.18. The topological polar surface area (TPSA) is 62.3 Å². The average Bonchev–Trinajstić information content (AvgIpc) is 2.80. The molecule has 0 spiro atoms. The molecule has 1 aromatic heterocycles. The largest absolute Gasteiger partial charge is 0.331 e. The van der Waals surface area contributed by atoms with E-state index in [0.717, 1.165) is 10.9 Å². The van der Waals surface area contributed by atoms with Crippen LogP contribution in [0.25, 0.3) is 0 Å². The minimum absolute atomic E-state index is 0.0575. The Bertz CT molecular complexity index is 493. The van der Waals surface area contributed by atoms with E-state index in [4.69, 9.17) is 0 Å². The van der Waals surface area contributed by atoms with Crippen molar-refractivity contribution in [3.63, 3.8) is 0 Å². The van der Waals surface area contributed by atoms with E-state index in [0.29, 0.717) is 25.2 Å². The number of hydrogen-bond acceptors (Lipinski definition) is 3. The predicted octanol–water partition coefficient (Wildman–Crippen LogP) is 2.18. The van der Waals surface area contributed by atoms with Crippen molar-refractivity contribution in [2.45, 2.75) is 32.2 Å². The number of carbonyl (C=O) groups excluding carboxylic acids is 2. The molecule has 1 aliphatic heterocycles. The fourth-order valence-corrected chi connectivity index (χ4v) is 2.58. The van der Waals surface area contributed by atoms with Gasteiger partial charge in [-0.3, -0.25) is 9.59 Å². The van der Waals surface area contributed by atoms with Crippen molar-refractivity contribution < 1.29 is 9.59 Å². The van der Waals surface area contributed by atoms with E-state index < -0.39 is 6.04 Å². The number of likely N-dealkylation sites (tertiary alicyclic amines) is 1. The lowest BCUT2D eigenvalue weighted by atomic mass is 10.2. The summed E-state index contributed by atoms with van der Waals surface area (Å²) in [5.74, 6) is 0.358. The van der Waals surface area contributed by atoms with E-state index in [1.54, 1.807) is 17.2 Å². The van der Waals surface area contributed by atoms with Crippen LogP contribution in [-0.4, -0.2) is 34.3 Å². The first-order valence-corrected chi connectivity index (χ1v) is 7.13. The van der Waals surface area contributed by atoms with Crippen molar-refractivity contribution in [2.75, 3.05) is 11.9 Å². The predicted molar refractivity (Wildman–Crippen MR) is 75.6 cm³/mol. The van der Waals surface area contributed by atoms with Gasteiger partial charge in [0.05, 0.1) is 4.47 Å². The molecule has 6 heteroatoms. The van der Waals surface area contributed by atoms with Crippen LogP contribution in [-0.2, 0) is 9.59 Å². The Balaban J connectivity index is 2.09. The number of aromatic nitrogens is 1. The smallest absolute Gasteiger partial charge is 0.248 e. The number of rotatable bonds is 4. The number of carbonyl (C=O) groups is 2. The molecule has 5 nitrogen and oxygen atoms in total. The van der Waals surface area contributed by atoms with Crippen molar-refractivity contribution in [3.8, 4) is 0 Å². The Morgan fingerprint density at radius 1 is 1.63 bits per heavy atom. The zero-order chi connectivity index (χ0) is 13.8. The molecular formula is C13H16BrN3O2. The molecule has 2 amide bonds. The van der Waals surface area contributed by atoms with Crippen molar-refractivity contribution in [2.24, 2.45) is 0 Å². The minimum Gasteiger partial charge on any atom is -0.331 e. The molecule has 0 radical (unpaired) electrons. The molecule has 1 atom stereocenters. The summed E-state index contributed by atoms with van der Waals surface area (Å²) < 4.78 is 0.728. The first-order valence-electron chi connectivity index (χ1n) is 6.34. The monoisotopic (exact) mass is 325 g/mol. The van der Waals surface area contributed by atoms with Gasteiger partial charge in [-0.15, -0.1) is 0 Å². The second-order valence-electron chi connectivity index (χ2n) is 4.44. The summed E-state index contributed by atoms with van der Waals surface area (Å²) in [6.45, 7) is 2.57. The highest BCUT2D eigenvalue weighted by molar-refractivity contribution is 9.10. The van der Waals surface area contributed by atoms with Crippen molar-refractivity contribution in [3.05, 3.63) is 22.8 Å². The summed E-state index contributed by atoms with van der Waals surface area (Å²) in [7, 11) is 0. The third-order valence-corrected chi connectivity index (χ3v) is 3.82. The Morgan fingerprint density at radius 2 is 2.42 bits per heavy atom. The van der Waals surface area contributed by atoms with Gasteiger partial charge in [-0.2, -0.15) is 0 Å². The van der Waals surface area contributed by atoms with Crippen molar-refractivity contribution in [1.29, 1.82) is 0 Å². The lowest BCUT2D eigenvalue weighted by Gasteiger charge is -2.25. The molecule has 1 unspecified atom stereocenters. The average molecular weight is 326 g/mol. The Kier molecular flexibility index (Phi) is 4.52. The number of pyridine rings is 1. The van der Waals surface area contributed by atoms with Crippen molar-refractivity contribution in [1.82, 2.24) is 9.88 Å². The van der Waals surface area contributed by atoms with Gasteiger partial charge in [-0.1, -0.05) is 6.92 Å². The molecule has 0 bridgehead atoms. The molecule has 0 saturated carbocycles. The molecule has 2 heterocycles. The van der Waals surface area contributed by atoms with Crippen LogP contribution in [0.4, 0.5) is 5.82 Å². The summed E-state index contributed by atoms with van der Waals surface area (Å²) >= 11 is 3.33. The van der Waals surface area contributed by atoms with Gasteiger partial charge in [0.1, 0.15) is 11.9 Å². The van der Waals surface area contributed by atoms with Gasteiger partial charge in [0, 0.05) is 19.2 Å². The molecule has 1 aromatic rings. The maximum absolute atomic E-state index is 12.3. The number of amides is 2. The minimum atomic E-state index is -0.413. The first-order chi connectivity index (χ1) is 9.13. The molecule has 0 aromatic carbocycles. The molecular weight excluding hydrogens is 310 g/mol. The van der Waals surface area contributed by atoms with Crippen LogP contribution >= 0.6 is 15.9 Å². The lowest BCUT2D eigenvalue weighted by molar-refractivity contribution is -0.135. The first kappa shape index (κ1) is 14.0. The number of halogens is 1. The molecule has 2 rings (SSSR count). The second kappa shape index (κ2) is 6.14. The van der Waals surface area contributed by atoms with Crippen LogP contribution in [0.15, 0.2) is 22.8 Å². The number of anilines is 1. The van der Waals surface area contributed by atoms with E-state index in [1.165, 1.54) is 0 Å². The summed E-state index contributed by atoms with van der Waals surface area (Å²) in [4.78, 5) is 29.7. The highest BCUT2D eigenvalue weighted by atomic mass is 79.9. The quantitative estimate of drug-likeness (QED) is 0.922. The Labute approximate surface area is 120 Å². The number of hydrogen-bond donors (Lipinski definition) is 1. The summed E-state index contributed by atoms with van der Waals surface area (Å²) in [5, 5.41) is 2.77. The summed E-state index contributed by atoms with van der Waals surface area (Å²) in [5.41, 5.74) is 0. The standard InChI is InChI=1S/C13H16BrN3O2/c1-2-10(17-8-4-6-11(17)18)13(19)16-12-9(14)5-3-7-15-12/h3,5,7,10H,2,4,6,8H2,1H3,(H,15,16,19). The SMILES string of the molecule is CCC(C(=O)Nc1ncccc1Br)N1CCCC1=O. The van der Waals surface area contributed by atoms with Gasteiger partial charge in [0.2, 0.25) is 11.8 Å². The van der Waals surface area contributed by atoms with Crippen LogP contribution in [0.2, 0.25) is 0 Å². The zero-order valence-electron chi connectivity index (χ0n) is 10.7. The van der Waals surface area contributed by atoms with Crippen LogP contribution < -0.4 is 5.32 Å². The number of nitrogens with zero attached hydrogens (tertiary/aromatic N) is 2. The van der Waals surface area contributed by atoms with Gasteiger partial charge in [-0.05, 0) is 40.9 Å². The summed E-state index contributed by atoms with van der Waals surface area (Å²) in [6.07, 6.45) is 3.58. The Hall–Kier alpha value is -1.43. The van der Waals surface area contributed by atoms with Gasteiger partial charge >= 0.3 is 0 Å². The Morgan fingerprint density at radius 3 is 3.00 bits per heavy atom.